The standard InChI is InChI=1S/C13H10N4OS/c1-7-9(5-14)12-15-3-4-17(12)13(18)11(7)10-6-19-8(2)16-10/h3-4,6,15H,1-2H3. The number of hydrogen-bond donors (Lipinski definition) is 1. The first-order chi connectivity index (χ1) is 9.13. The molecule has 0 saturated heterocycles. The Morgan fingerprint density at radius 1 is 1.47 bits per heavy atom. The molecule has 6 heteroatoms. The van der Waals surface area contributed by atoms with Crippen LogP contribution in [-0.2, 0) is 0 Å². The third-order valence-electron chi connectivity index (χ3n) is 3.09. The minimum atomic E-state index is -0.155. The van der Waals surface area contributed by atoms with Gasteiger partial charge in [-0.3, -0.25) is 9.20 Å². The number of rotatable bonds is 1. The molecule has 3 rings (SSSR count). The molecule has 3 heterocycles. The van der Waals surface area contributed by atoms with Crippen molar-refractivity contribution in [1.29, 1.82) is 5.26 Å². The highest BCUT2D eigenvalue weighted by atomic mass is 32.1. The van der Waals surface area contributed by atoms with Gasteiger partial charge in [0.2, 0.25) is 0 Å². The summed E-state index contributed by atoms with van der Waals surface area (Å²) in [4.78, 5) is 19.8. The number of aromatic nitrogens is 3. The summed E-state index contributed by atoms with van der Waals surface area (Å²) < 4.78 is 1.45. The molecule has 0 amide bonds. The second kappa shape index (κ2) is 4.07. The summed E-state index contributed by atoms with van der Waals surface area (Å²) in [5.74, 6) is 0. The average Bonchev–Trinajstić information content (AvgIpc) is 2.99. The van der Waals surface area contributed by atoms with Gasteiger partial charge in [0.05, 0.1) is 21.8 Å². The number of aromatic amines is 1. The summed E-state index contributed by atoms with van der Waals surface area (Å²) in [5, 5.41) is 12.0. The van der Waals surface area contributed by atoms with E-state index in [1.165, 1.54) is 15.7 Å². The highest BCUT2D eigenvalue weighted by Gasteiger charge is 2.18. The van der Waals surface area contributed by atoms with Crippen LogP contribution in [0.3, 0.4) is 0 Å². The van der Waals surface area contributed by atoms with Crippen molar-refractivity contribution in [2.45, 2.75) is 13.8 Å². The van der Waals surface area contributed by atoms with Crippen molar-refractivity contribution in [3.05, 3.63) is 44.3 Å². The minimum absolute atomic E-state index is 0.155. The first-order valence-electron chi connectivity index (χ1n) is 5.68. The van der Waals surface area contributed by atoms with Crippen LogP contribution in [-0.4, -0.2) is 14.4 Å². The Bertz CT molecular complexity index is 878. The van der Waals surface area contributed by atoms with Crippen LogP contribution in [0.5, 0.6) is 0 Å². The molecule has 0 bridgehead atoms. The Balaban J connectivity index is 2.49. The van der Waals surface area contributed by atoms with Crippen LogP contribution >= 0.6 is 11.3 Å². The molecule has 0 aliphatic rings. The monoisotopic (exact) mass is 270 g/mol. The van der Waals surface area contributed by atoms with E-state index in [2.05, 4.69) is 16.0 Å². The molecule has 0 radical (unpaired) electrons. The van der Waals surface area contributed by atoms with Crippen molar-refractivity contribution < 1.29 is 0 Å². The summed E-state index contributed by atoms with van der Waals surface area (Å²) in [6, 6.07) is 2.15. The zero-order valence-electron chi connectivity index (χ0n) is 10.4. The number of thiazole rings is 1. The van der Waals surface area contributed by atoms with E-state index in [0.717, 1.165) is 5.01 Å². The van der Waals surface area contributed by atoms with Crippen LogP contribution < -0.4 is 5.56 Å². The predicted molar refractivity (Wildman–Crippen MR) is 73.3 cm³/mol. The molecule has 0 saturated carbocycles. The van der Waals surface area contributed by atoms with Crippen molar-refractivity contribution in [3.8, 4) is 17.3 Å². The largest absolute Gasteiger partial charge is 0.345 e. The number of aryl methyl sites for hydroxylation is 1. The van der Waals surface area contributed by atoms with Gasteiger partial charge < -0.3 is 4.98 Å². The number of H-pyrrole nitrogens is 1. The number of nitriles is 1. The van der Waals surface area contributed by atoms with Crippen LogP contribution in [0.1, 0.15) is 16.1 Å². The molecule has 0 spiro atoms. The molecule has 94 valence electrons. The minimum Gasteiger partial charge on any atom is -0.345 e. The lowest BCUT2D eigenvalue weighted by atomic mass is 10.0. The molecule has 0 atom stereocenters. The van der Waals surface area contributed by atoms with Gasteiger partial charge in [0.25, 0.3) is 5.56 Å². The fourth-order valence-corrected chi connectivity index (χ4v) is 2.80. The van der Waals surface area contributed by atoms with Crippen molar-refractivity contribution in [2.75, 3.05) is 0 Å². The zero-order valence-corrected chi connectivity index (χ0v) is 11.2. The van der Waals surface area contributed by atoms with Crippen molar-refractivity contribution >= 4 is 17.0 Å². The summed E-state index contributed by atoms with van der Waals surface area (Å²) in [6.07, 6.45) is 3.27. The molecule has 0 fully saturated rings. The van der Waals surface area contributed by atoms with Crippen LogP contribution in [0.15, 0.2) is 22.6 Å². The fourth-order valence-electron chi connectivity index (χ4n) is 2.20. The maximum atomic E-state index is 12.5. The van der Waals surface area contributed by atoms with E-state index in [1.54, 1.807) is 19.3 Å². The molecule has 3 aromatic rings. The lowest BCUT2D eigenvalue weighted by Gasteiger charge is -2.06. The van der Waals surface area contributed by atoms with Gasteiger partial charge in [0, 0.05) is 17.8 Å². The Morgan fingerprint density at radius 2 is 2.26 bits per heavy atom. The maximum absolute atomic E-state index is 12.5. The molecule has 19 heavy (non-hydrogen) atoms. The Labute approximate surface area is 112 Å². The molecular formula is C13H10N4OS. The number of hydrogen-bond acceptors (Lipinski definition) is 4. The molecule has 1 N–H and O–H groups in total. The highest BCUT2D eigenvalue weighted by Crippen LogP contribution is 2.25. The van der Waals surface area contributed by atoms with Crippen molar-refractivity contribution in [1.82, 2.24) is 14.4 Å². The van der Waals surface area contributed by atoms with Gasteiger partial charge in [-0.05, 0) is 19.4 Å². The SMILES string of the molecule is Cc1nc(-c2c(C)c(C#N)c3[nH]ccn3c2=O)cs1. The summed E-state index contributed by atoms with van der Waals surface area (Å²) in [7, 11) is 0. The zero-order chi connectivity index (χ0) is 13.6. The van der Waals surface area contributed by atoms with E-state index >= 15 is 0 Å². The third-order valence-corrected chi connectivity index (χ3v) is 3.86. The van der Waals surface area contributed by atoms with Gasteiger partial charge >= 0.3 is 0 Å². The first-order valence-corrected chi connectivity index (χ1v) is 6.56. The van der Waals surface area contributed by atoms with Crippen molar-refractivity contribution in [3.63, 3.8) is 0 Å². The van der Waals surface area contributed by atoms with Crippen LogP contribution in [0, 0.1) is 25.2 Å². The summed E-state index contributed by atoms with van der Waals surface area (Å²) >= 11 is 1.49. The smallest absolute Gasteiger partial charge is 0.266 e. The van der Waals surface area contributed by atoms with Crippen LogP contribution in [0.2, 0.25) is 0 Å². The first kappa shape index (κ1) is 11.7. The van der Waals surface area contributed by atoms with Gasteiger partial charge in [0.15, 0.2) is 0 Å². The van der Waals surface area contributed by atoms with Crippen LogP contribution in [0.4, 0.5) is 0 Å². The fraction of sp³-hybridized carbons (Fsp3) is 0.154. The van der Waals surface area contributed by atoms with E-state index in [9.17, 15) is 10.1 Å². The molecule has 0 aliphatic heterocycles. The number of imidazole rings is 1. The van der Waals surface area contributed by atoms with Gasteiger partial charge in [-0.25, -0.2) is 4.98 Å². The molecule has 0 aromatic carbocycles. The lowest BCUT2D eigenvalue weighted by molar-refractivity contribution is 1.09. The van der Waals surface area contributed by atoms with E-state index in [1.807, 2.05) is 12.3 Å². The van der Waals surface area contributed by atoms with Gasteiger partial charge in [-0.1, -0.05) is 0 Å². The Kier molecular flexibility index (Phi) is 2.50. The number of nitrogens with one attached hydrogen (secondary N) is 1. The molecule has 5 nitrogen and oxygen atoms in total. The van der Waals surface area contributed by atoms with Crippen molar-refractivity contribution in [2.24, 2.45) is 0 Å². The number of nitrogens with zero attached hydrogens (tertiary/aromatic N) is 3. The number of pyridine rings is 1. The second-order valence-electron chi connectivity index (χ2n) is 4.22. The normalized spacial score (nSPS) is 10.8. The topological polar surface area (TPSA) is 73.9 Å². The Morgan fingerprint density at radius 3 is 2.89 bits per heavy atom. The molecule has 0 aliphatic carbocycles. The van der Waals surface area contributed by atoms with Gasteiger partial charge in [0.1, 0.15) is 11.7 Å². The summed E-state index contributed by atoms with van der Waals surface area (Å²) in [6.45, 7) is 3.67. The lowest BCUT2D eigenvalue weighted by Crippen LogP contribution is -2.17. The second-order valence-corrected chi connectivity index (χ2v) is 5.28. The van der Waals surface area contributed by atoms with E-state index in [-0.39, 0.29) is 5.56 Å². The molecule has 3 aromatic heterocycles. The third kappa shape index (κ3) is 1.59. The van der Waals surface area contributed by atoms with E-state index in [4.69, 9.17) is 0 Å². The predicted octanol–water partition coefficient (Wildman–Crippen LogP) is 2.24. The van der Waals surface area contributed by atoms with E-state index in [0.29, 0.717) is 28.0 Å². The van der Waals surface area contributed by atoms with Gasteiger partial charge in [-0.2, -0.15) is 5.26 Å². The highest BCUT2D eigenvalue weighted by molar-refractivity contribution is 7.09. The molecule has 0 unspecified atom stereocenters. The quantitative estimate of drug-likeness (QED) is 0.737. The maximum Gasteiger partial charge on any atom is 0.266 e. The van der Waals surface area contributed by atoms with E-state index < -0.39 is 0 Å². The molecular weight excluding hydrogens is 260 g/mol. The van der Waals surface area contributed by atoms with Crippen LogP contribution in [0.25, 0.3) is 16.9 Å². The Hall–Kier alpha value is -2.39. The summed E-state index contributed by atoms with van der Waals surface area (Å²) in [5.41, 5.74) is 2.65. The van der Waals surface area contributed by atoms with Gasteiger partial charge in [-0.15, -0.1) is 11.3 Å². The average molecular weight is 270 g/mol. The number of fused-ring (bicyclic) bond motifs is 1.